The van der Waals surface area contributed by atoms with E-state index in [2.05, 4.69) is 29.2 Å². The number of anilines is 1. The van der Waals surface area contributed by atoms with Gasteiger partial charge in [-0.05, 0) is 48.6 Å². The van der Waals surface area contributed by atoms with Gasteiger partial charge in [-0.3, -0.25) is 0 Å². The Labute approximate surface area is 131 Å². The van der Waals surface area contributed by atoms with E-state index in [4.69, 9.17) is 5.14 Å². The van der Waals surface area contributed by atoms with Gasteiger partial charge in [0.05, 0.1) is 4.90 Å². The Balaban J connectivity index is 1.66. The molecule has 1 saturated heterocycles. The molecule has 5 heteroatoms. The molecular formula is C17H20N2O2S. The third kappa shape index (κ3) is 3.31. The Morgan fingerprint density at radius 1 is 0.909 bits per heavy atom. The molecule has 2 aromatic carbocycles. The average molecular weight is 316 g/mol. The minimum atomic E-state index is -3.61. The summed E-state index contributed by atoms with van der Waals surface area (Å²) < 4.78 is 22.6. The fourth-order valence-corrected chi connectivity index (χ4v) is 3.56. The van der Waals surface area contributed by atoms with Crippen molar-refractivity contribution in [1.29, 1.82) is 0 Å². The molecule has 4 nitrogen and oxygen atoms in total. The first-order valence-corrected chi connectivity index (χ1v) is 9.01. The summed E-state index contributed by atoms with van der Waals surface area (Å²) in [5.41, 5.74) is 2.46. The minimum Gasteiger partial charge on any atom is -0.371 e. The molecule has 2 N–H and O–H groups in total. The van der Waals surface area contributed by atoms with E-state index in [-0.39, 0.29) is 4.90 Å². The number of piperidine rings is 1. The molecule has 0 radical (unpaired) electrons. The van der Waals surface area contributed by atoms with Gasteiger partial charge >= 0.3 is 0 Å². The van der Waals surface area contributed by atoms with Gasteiger partial charge in [-0.25, -0.2) is 13.6 Å². The summed E-state index contributed by atoms with van der Waals surface area (Å²) in [7, 11) is -3.61. The molecule has 1 aliphatic rings. The normalized spacial score (nSPS) is 16.7. The molecule has 0 aromatic heterocycles. The van der Waals surface area contributed by atoms with Crippen molar-refractivity contribution in [3.63, 3.8) is 0 Å². The van der Waals surface area contributed by atoms with E-state index in [0.717, 1.165) is 31.6 Å². The monoisotopic (exact) mass is 316 g/mol. The third-order valence-electron chi connectivity index (χ3n) is 4.30. The molecule has 0 unspecified atom stereocenters. The highest BCUT2D eigenvalue weighted by Crippen LogP contribution is 2.30. The van der Waals surface area contributed by atoms with Crippen LogP contribution in [0, 0.1) is 0 Å². The highest BCUT2D eigenvalue weighted by atomic mass is 32.2. The Hall–Kier alpha value is -1.85. The summed E-state index contributed by atoms with van der Waals surface area (Å²) in [5, 5.41) is 5.13. The second-order valence-electron chi connectivity index (χ2n) is 5.71. The molecule has 0 saturated carbocycles. The van der Waals surface area contributed by atoms with Crippen LogP contribution in [0.2, 0.25) is 0 Å². The van der Waals surface area contributed by atoms with Gasteiger partial charge in [-0.1, -0.05) is 30.3 Å². The van der Waals surface area contributed by atoms with E-state index in [9.17, 15) is 8.42 Å². The Kier molecular flexibility index (Phi) is 4.18. The average Bonchev–Trinajstić information content (AvgIpc) is 2.55. The van der Waals surface area contributed by atoms with Gasteiger partial charge in [-0.15, -0.1) is 0 Å². The van der Waals surface area contributed by atoms with Gasteiger partial charge in [0.25, 0.3) is 0 Å². The van der Waals surface area contributed by atoms with E-state index >= 15 is 0 Å². The second kappa shape index (κ2) is 6.10. The Morgan fingerprint density at radius 3 is 2.05 bits per heavy atom. The topological polar surface area (TPSA) is 63.4 Å². The van der Waals surface area contributed by atoms with E-state index in [0.29, 0.717) is 5.92 Å². The summed E-state index contributed by atoms with van der Waals surface area (Å²) in [4.78, 5) is 2.46. The minimum absolute atomic E-state index is 0.162. The summed E-state index contributed by atoms with van der Waals surface area (Å²) in [5.74, 6) is 0.612. The zero-order chi connectivity index (χ0) is 15.6. The van der Waals surface area contributed by atoms with Crippen LogP contribution < -0.4 is 10.0 Å². The number of nitrogens with zero attached hydrogens (tertiary/aromatic N) is 1. The number of rotatable bonds is 3. The number of hydrogen-bond acceptors (Lipinski definition) is 3. The van der Waals surface area contributed by atoms with Crippen molar-refractivity contribution in [3.8, 4) is 0 Å². The van der Waals surface area contributed by atoms with Crippen LogP contribution in [-0.2, 0) is 10.0 Å². The summed E-state index contributed by atoms with van der Waals surface area (Å²) in [6, 6.07) is 17.4. The maximum absolute atomic E-state index is 11.3. The predicted octanol–water partition coefficient (Wildman–Crippen LogP) is 2.72. The van der Waals surface area contributed by atoms with Gasteiger partial charge in [0.15, 0.2) is 0 Å². The molecule has 0 amide bonds. The van der Waals surface area contributed by atoms with E-state index in [1.165, 1.54) is 5.56 Å². The van der Waals surface area contributed by atoms with Gasteiger partial charge in [0.1, 0.15) is 0 Å². The molecule has 22 heavy (non-hydrogen) atoms. The molecule has 1 aliphatic heterocycles. The van der Waals surface area contributed by atoms with Gasteiger partial charge < -0.3 is 4.90 Å². The van der Waals surface area contributed by atoms with E-state index in [1.54, 1.807) is 12.1 Å². The highest BCUT2D eigenvalue weighted by Gasteiger charge is 2.20. The fraction of sp³-hybridized carbons (Fsp3) is 0.294. The van der Waals surface area contributed by atoms with Crippen LogP contribution in [-0.4, -0.2) is 21.5 Å². The van der Waals surface area contributed by atoms with Crippen LogP contribution in [0.5, 0.6) is 0 Å². The maximum Gasteiger partial charge on any atom is 0.238 e. The van der Waals surface area contributed by atoms with Crippen molar-refractivity contribution in [2.24, 2.45) is 5.14 Å². The van der Waals surface area contributed by atoms with Crippen LogP contribution in [0.25, 0.3) is 0 Å². The first-order chi connectivity index (χ1) is 10.5. The molecule has 1 heterocycles. The lowest BCUT2D eigenvalue weighted by atomic mass is 9.89. The molecule has 116 valence electrons. The quantitative estimate of drug-likeness (QED) is 0.947. The first kappa shape index (κ1) is 15.1. The summed E-state index contributed by atoms with van der Waals surface area (Å²) in [6.45, 7) is 1.96. The number of primary sulfonamides is 1. The molecule has 1 fully saturated rings. The van der Waals surface area contributed by atoms with Crippen molar-refractivity contribution in [2.75, 3.05) is 18.0 Å². The fourth-order valence-electron chi connectivity index (χ4n) is 3.04. The van der Waals surface area contributed by atoms with Crippen LogP contribution in [0.3, 0.4) is 0 Å². The standard InChI is InChI=1S/C17H20N2O2S/c18-22(20,21)17-8-6-16(7-9-17)19-12-10-15(11-13-19)14-4-2-1-3-5-14/h1-9,15H,10-13H2,(H2,18,20,21). The van der Waals surface area contributed by atoms with Crippen LogP contribution in [0.15, 0.2) is 59.5 Å². The van der Waals surface area contributed by atoms with Crippen molar-refractivity contribution < 1.29 is 8.42 Å². The second-order valence-corrected chi connectivity index (χ2v) is 7.27. The molecule has 0 atom stereocenters. The van der Waals surface area contributed by atoms with Gasteiger partial charge in [0.2, 0.25) is 10.0 Å². The molecule has 2 aromatic rings. The van der Waals surface area contributed by atoms with Crippen molar-refractivity contribution >= 4 is 15.7 Å². The Morgan fingerprint density at radius 2 is 1.50 bits per heavy atom. The Bertz CT molecular complexity index is 719. The first-order valence-electron chi connectivity index (χ1n) is 7.47. The van der Waals surface area contributed by atoms with Gasteiger partial charge in [0, 0.05) is 18.8 Å². The molecule has 0 aliphatic carbocycles. The largest absolute Gasteiger partial charge is 0.371 e. The number of sulfonamides is 1. The third-order valence-corrected chi connectivity index (χ3v) is 5.23. The lowest BCUT2D eigenvalue weighted by Gasteiger charge is -2.34. The summed E-state index contributed by atoms with van der Waals surface area (Å²) in [6.07, 6.45) is 2.22. The zero-order valence-electron chi connectivity index (χ0n) is 12.4. The molecule has 3 rings (SSSR count). The van der Waals surface area contributed by atoms with Crippen molar-refractivity contribution in [1.82, 2.24) is 0 Å². The number of hydrogen-bond donors (Lipinski definition) is 1. The lowest BCUT2D eigenvalue weighted by Crippen LogP contribution is -2.32. The van der Waals surface area contributed by atoms with Crippen molar-refractivity contribution in [3.05, 3.63) is 60.2 Å². The lowest BCUT2D eigenvalue weighted by molar-refractivity contribution is 0.505. The highest BCUT2D eigenvalue weighted by molar-refractivity contribution is 7.89. The van der Waals surface area contributed by atoms with E-state index in [1.807, 2.05) is 18.2 Å². The van der Waals surface area contributed by atoms with Crippen LogP contribution in [0.4, 0.5) is 5.69 Å². The maximum atomic E-state index is 11.3. The summed E-state index contributed by atoms with van der Waals surface area (Å²) >= 11 is 0. The number of nitrogens with two attached hydrogens (primary N) is 1. The van der Waals surface area contributed by atoms with Crippen LogP contribution >= 0.6 is 0 Å². The van der Waals surface area contributed by atoms with Gasteiger partial charge in [-0.2, -0.15) is 0 Å². The van der Waals surface area contributed by atoms with Crippen LogP contribution in [0.1, 0.15) is 24.3 Å². The molecular weight excluding hydrogens is 296 g/mol. The smallest absolute Gasteiger partial charge is 0.238 e. The molecule has 0 spiro atoms. The molecule has 0 bridgehead atoms. The predicted molar refractivity (Wildman–Crippen MR) is 88.4 cm³/mol. The number of benzene rings is 2. The SMILES string of the molecule is NS(=O)(=O)c1ccc(N2CCC(c3ccccc3)CC2)cc1. The zero-order valence-corrected chi connectivity index (χ0v) is 13.2. The van der Waals surface area contributed by atoms with E-state index < -0.39 is 10.0 Å². The van der Waals surface area contributed by atoms with Crippen molar-refractivity contribution in [2.45, 2.75) is 23.7 Å².